The van der Waals surface area contributed by atoms with E-state index in [-0.39, 0.29) is 12.4 Å². The molecule has 1 aromatic rings. The van der Waals surface area contributed by atoms with Gasteiger partial charge in [-0.25, -0.2) is 0 Å². The molecule has 1 saturated heterocycles. The highest BCUT2D eigenvalue weighted by Crippen LogP contribution is 2.40. The van der Waals surface area contributed by atoms with Crippen LogP contribution < -0.4 is 19.9 Å². The van der Waals surface area contributed by atoms with E-state index in [0.29, 0.717) is 24.1 Å². The highest BCUT2D eigenvalue weighted by atomic mass is 35.5. The van der Waals surface area contributed by atoms with Gasteiger partial charge in [0.2, 0.25) is 5.75 Å². The van der Waals surface area contributed by atoms with Gasteiger partial charge >= 0.3 is 0 Å². The van der Waals surface area contributed by atoms with E-state index < -0.39 is 0 Å². The van der Waals surface area contributed by atoms with E-state index in [1.54, 1.807) is 21.3 Å². The number of nitrogens with two attached hydrogens (primary N) is 1. The van der Waals surface area contributed by atoms with Crippen LogP contribution in [0, 0.1) is 0 Å². The lowest BCUT2D eigenvalue weighted by Gasteiger charge is -2.25. The summed E-state index contributed by atoms with van der Waals surface area (Å²) in [6, 6.07) is 4.42. The third-order valence-corrected chi connectivity index (χ3v) is 3.93. The number of likely N-dealkylation sites (tertiary alicyclic amines) is 1. The van der Waals surface area contributed by atoms with Crippen molar-refractivity contribution in [3.05, 3.63) is 17.7 Å². The summed E-state index contributed by atoms with van der Waals surface area (Å²) in [6.07, 6.45) is 2.38. The maximum Gasteiger partial charge on any atom is 0.203 e. The fourth-order valence-corrected chi connectivity index (χ4v) is 2.88. The van der Waals surface area contributed by atoms with Crippen molar-refractivity contribution < 1.29 is 14.2 Å². The monoisotopic (exact) mass is 316 g/mol. The second-order valence-corrected chi connectivity index (χ2v) is 5.00. The maximum atomic E-state index is 5.83. The lowest BCUT2D eigenvalue weighted by molar-refractivity contribution is 0.244. The smallest absolute Gasteiger partial charge is 0.203 e. The molecule has 0 amide bonds. The van der Waals surface area contributed by atoms with Crippen LogP contribution in [0.5, 0.6) is 17.2 Å². The third kappa shape index (κ3) is 3.73. The number of halogens is 1. The molecule has 0 aromatic heterocycles. The van der Waals surface area contributed by atoms with E-state index in [4.69, 9.17) is 19.9 Å². The molecule has 1 heterocycles. The van der Waals surface area contributed by atoms with Crippen LogP contribution in [-0.2, 0) is 6.54 Å². The molecule has 6 heteroatoms. The standard InChI is InChI=1S/C15H24N2O3.ClH/c1-18-13-7-6-11(14(19-2)15(13)20-3)10-17-8-4-5-12(17)9-16;/h6-7,12H,4-5,8-10,16H2,1-3H3;1H. The molecule has 120 valence electrons. The summed E-state index contributed by atoms with van der Waals surface area (Å²) in [4.78, 5) is 2.41. The van der Waals surface area contributed by atoms with Crippen molar-refractivity contribution in [1.82, 2.24) is 4.90 Å². The topological polar surface area (TPSA) is 57.0 Å². The summed E-state index contributed by atoms with van der Waals surface area (Å²) < 4.78 is 16.3. The minimum atomic E-state index is 0. The second kappa shape index (κ2) is 8.32. The zero-order chi connectivity index (χ0) is 14.5. The minimum absolute atomic E-state index is 0. The van der Waals surface area contributed by atoms with E-state index in [1.165, 1.54) is 12.8 Å². The highest BCUT2D eigenvalue weighted by Gasteiger charge is 2.25. The van der Waals surface area contributed by atoms with Crippen LogP contribution in [0.25, 0.3) is 0 Å². The summed E-state index contributed by atoms with van der Waals surface area (Å²) >= 11 is 0. The molecular formula is C15H25ClN2O3. The Labute approximate surface area is 132 Å². The van der Waals surface area contributed by atoms with Crippen molar-refractivity contribution in [3.8, 4) is 17.2 Å². The molecule has 5 nitrogen and oxygen atoms in total. The second-order valence-electron chi connectivity index (χ2n) is 5.00. The average Bonchev–Trinajstić information content (AvgIpc) is 2.93. The van der Waals surface area contributed by atoms with Gasteiger partial charge in [0.15, 0.2) is 11.5 Å². The number of hydrogen-bond acceptors (Lipinski definition) is 5. The Bertz CT molecular complexity index is 457. The van der Waals surface area contributed by atoms with Crippen LogP contribution in [0.4, 0.5) is 0 Å². The molecule has 21 heavy (non-hydrogen) atoms. The first-order valence-corrected chi connectivity index (χ1v) is 6.97. The molecule has 2 N–H and O–H groups in total. The van der Waals surface area contributed by atoms with Gasteiger partial charge < -0.3 is 19.9 Å². The molecule has 1 aliphatic heterocycles. The molecule has 1 atom stereocenters. The first kappa shape index (κ1) is 17.9. The van der Waals surface area contributed by atoms with E-state index in [0.717, 1.165) is 24.4 Å². The number of ether oxygens (including phenoxy) is 3. The zero-order valence-electron chi connectivity index (χ0n) is 12.9. The Kier molecular flexibility index (Phi) is 7.08. The quantitative estimate of drug-likeness (QED) is 0.870. The molecule has 0 spiro atoms. The molecule has 0 saturated carbocycles. The Hall–Kier alpha value is -1.17. The van der Waals surface area contributed by atoms with Gasteiger partial charge in [-0.1, -0.05) is 6.07 Å². The maximum absolute atomic E-state index is 5.83. The van der Waals surface area contributed by atoms with Crippen LogP contribution in [-0.4, -0.2) is 45.4 Å². The van der Waals surface area contributed by atoms with Crippen molar-refractivity contribution >= 4 is 12.4 Å². The normalized spacial score (nSPS) is 18.2. The van der Waals surface area contributed by atoms with E-state index in [2.05, 4.69) is 4.90 Å². The van der Waals surface area contributed by atoms with Gasteiger partial charge in [-0.2, -0.15) is 0 Å². The Morgan fingerprint density at radius 3 is 2.43 bits per heavy atom. The summed E-state index contributed by atoms with van der Waals surface area (Å²) in [6.45, 7) is 2.61. The minimum Gasteiger partial charge on any atom is -0.493 e. The molecule has 0 aliphatic carbocycles. The van der Waals surface area contributed by atoms with Crippen molar-refractivity contribution in [1.29, 1.82) is 0 Å². The largest absolute Gasteiger partial charge is 0.493 e. The van der Waals surface area contributed by atoms with Gasteiger partial charge in [0.05, 0.1) is 21.3 Å². The molecule has 1 aromatic carbocycles. The molecule has 0 radical (unpaired) electrons. The number of rotatable bonds is 6. The third-order valence-electron chi connectivity index (χ3n) is 3.93. The number of benzene rings is 1. The van der Waals surface area contributed by atoms with Crippen molar-refractivity contribution in [2.75, 3.05) is 34.4 Å². The van der Waals surface area contributed by atoms with Gasteiger partial charge in [-0.3, -0.25) is 4.90 Å². The van der Waals surface area contributed by atoms with Gasteiger partial charge in [-0.05, 0) is 25.5 Å². The van der Waals surface area contributed by atoms with Crippen molar-refractivity contribution in [2.45, 2.75) is 25.4 Å². The molecule has 1 fully saturated rings. The van der Waals surface area contributed by atoms with Crippen LogP contribution >= 0.6 is 12.4 Å². The number of nitrogens with zero attached hydrogens (tertiary/aromatic N) is 1. The first-order chi connectivity index (χ1) is 9.74. The summed E-state index contributed by atoms with van der Waals surface area (Å²) in [5.74, 6) is 2.08. The van der Waals surface area contributed by atoms with E-state index in [9.17, 15) is 0 Å². The van der Waals surface area contributed by atoms with Gasteiger partial charge in [-0.15, -0.1) is 12.4 Å². The Balaban J connectivity index is 0.00000220. The van der Waals surface area contributed by atoms with Crippen LogP contribution in [0.2, 0.25) is 0 Å². The summed E-state index contributed by atoms with van der Waals surface area (Å²) in [5.41, 5.74) is 6.93. The lowest BCUT2D eigenvalue weighted by atomic mass is 10.1. The van der Waals surface area contributed by atoms with Crippen molar-refractivity contribution in [3.63, 3.8) is 0 Å². The number of methoxy groups -OCH3 is 3. The van der Waals surface area contributed by atoms with E-state index >= 15 is 0 Å². The van der Waals surface area contributed by atoms with Crippen LogP contribution in [0.1, 0.15) is 18.4 Å². The first-order valence-electron chi connectivity index (χ1n) is 6.97. The fourth-order valence-electron chi connectivity index (χ4n) is 2.88. The Morgan fingerprint density at radius 1 is 1.14 bits per heavy atom. The predicted octanol–water partition coefficient (Wildman–Crippen LogP) is 2.06. The van der Waals surface area contributed by atoms with Gasteiger partial charge in [0.25, 0.3) is 0 Å². The molecule has 0 bridgehead atoms. The number of hydrogen-bond donors (Lipinski definition) is 1. The highest BCUT2D eigenvalue weighted by molar-refractivity contribution is 5.85. The predicted molar refractivity (Wildman–Crippen MR) is 85.8 cm³/mol. The SMILES string of the molecule is COc1ccc(CN2CCCC2CN)c(OC)c1OC.Cl. The van der Waals surface area contributed by atoms with Gasteiger partial charge in [0.1, 0.15) is 0 Å². The molecule has 2 rings (SSSR count). The fraction of sp³-hybridized carbons (Fsp3) is 0.600. The van der Waals surface area contributed by atoms with Crippen LogP contribution in [0.15, 0.2) is 12.1 Å². The molecular weight excluding hydrogens is 292 g/mol. The average molecular weight is 317 g/mol. The Morgan fingerprint density at radius 2 is 1.86 bits per heavy atom. The summed E-state index contributed by atoms with van der Waals surface area (Å²) in [7, 11) is 4.91. The van der Waals surface area contributed by atoms with Gasteiger partial charge in [0, 0.05) is 24.7 Å². The van der Waals surface area contributed by atoms with Crippen LogP contribution in [0.3, 0.4) is 0 Å². The van der Waals surface area contributed by atoms with Crippen molar-refractivity contribution in [2.24, 2.45) is 5.73 Å². The molecule has 1 unspecified atom stereocenters. The molecule has 1 aliphatic rings. The summed E-state index contributed by atoms with van der Waals surface area (Å²) in [5, 5.41) is 0. The lowest BCUT2D eigenvalue weighted by Crippen LogP contribution is -2.34. The van der Waals surface area contributed by atoms with E-state index in [1.807, 2.05) is 12.1 Å². The zero-order valence-corrected chi connectivity index (χ0v) is 13.7.